The number of nitrogens with one attached hydrogen (secondary N) is 1. The summed E-state index contributed by atoms with van der Waals surface area (Å²) in [6, 6.07) is 3.99. The Morgan fingerprint density at radius 1 is 1.50 bits per heavy atom. The fourth-order valence-corrected chi connectivity index (χ4v) is 2.33. The Balaban J connectivity index is 2.97. The molecule has 0 radical (unpaired) electrons. The zero-order valence-corrected chi connectivity index (χ0v) is 9.40. The Kier molecular flexibility index (Phi) is 2.04. The van der Waals surface area contributed by atoms with Crippen LogP contribution < -0.4 is 0 Å². The summed E-state index contributed by atoms with van der Waals surface area (Å²) in [5, 5.41) is 1.93. The molecule has 1 N–H and O–H groups in total. The minimum atomic E-state index is 0.821. The molecule has 0 spiro atoms. The van der Waals surface area contributed by atoms with Crippen LogP contribution in [0.4, 0.5) is 0 Å². The zero-order chi connectivity index (χ0) is 8.72. The smallest absolute Gasteiger partial charge is 0.0510 e. The lowest BCUT2D eigenvalue weighted by atomic mass is 10.2. The summed E-state index contributed by atoms with van der Waals surface area (Å²) < 4.78 is 1.20. The maximum atomic E-state index is 6.05. The molecule has 12 heavy (non-hydrogen) atoms. The van der Waals surface area contributed by atoms with Gasteiger partial charge in [-0.15, -0.1) is 0 Å². The number of H-pyrrole nitrogens is 1. The zero-order valence-electron chi connectivity index (χ0n) is 6.49. The molecule has 0 unspecified atom stereocenters. The molecule has 1 aromatic heterocycles. The van der Waals surface area contributed by atoms with Gasteiger partial charge in [-0.2, -0.15) is 0 Å². The SMILES string of the molecule is Cc1c(I)cc(Cl)c2cc[nH]c12. The first-order valence-corrected chi connectivity index (χ1v) is 5.07. The number of aromatic amines is 1. The van der Waals surface area contributed by atoms with Gasteiger partial charge in [0.15, 0.2) is 0 Å². The van der Waals surface area contributed by atoms with Crippen LogP contribution in [0.15, 0.2) is 18.3 Å². The third-order valence-electron chi connectivity index (χ3n) is 1.99. The largest absolute Gasteiger partial charge is 0.361 e. The van der Waals surface area contributed by atoms with Gasteiger partial charge in [0.25, 0.3) is 0 Å². The van der Waals surface area contributed by atoms with Crippen molar-refractivity contribution in [2.75, 3.05) is 0 Å². The Bertz CT molecular complexity index is 433. The highest BCUT2D eigenvalue weighted by Gasteiger charge is 2.05. The number of benzene rings is 1. The van der Waals surface area contributed by atoms with E-state index >= 15 is 0 Å². The molecule has 0 fully saturated rings. The monoisotopic (exact) mass is 291 g/mol. The van der Waals surface area contributed by atoms with Gasteiger partial charge in [0.1, 0.15) is 0 Å². The van der Waals surface area contributed by atoms with E-state index in [2.05, 4.69) is 34.5 Å². The molecule has 2 aromatic rings. The van der Waals surface area contributed by atoms with Crippen molar-refractivity contribution >= 4 is 45.1 Å². The molecule has 0 atom stereocenters. The first-order chi connectivity index (χ1) is 5.70. The fraction of sp³-hybridized carbons (Fsp3) is 0.111. The molecule has 0 bridgehead atoms. The second-order valence-electron chi connectivity index (χ2n) is 2.73. The number of hydrogen-bond donors (Lipinski definition) is 1. The van der Waals surface area contributed by atoms with Gasteiger partial charge in [-0.1, -0.05) is 11.6 Å². The average molecular weight is 292 g/mol. The Morgan fingerprint density at radius 2 is 2.25 bits per heavy atom. The second kappa shape index (κ2) is 2.92. The first kappa shape index (κ1) is 8.38. The van der Waals surface area contributed by atoms with Gasteiger partial charge >= 0.3 is 0 Å². The highest BCUT2D eigenvalue weighted by atomic mass is 127. The number of hydrogen-bond acceptors (Lipinski definition) is 0. The standard InChI is InChI=1S/C9H7ClIN/c1-5-8(11)4-7(10)6-2-3-12-9(5)6/h2-4,12H,1H3. The highest BCUT2D eigenvalue weighted by molar-refractivity contribution is 14.1. The summed E-state index contributed by atoms with van der Waals surface area (Å²) in [4.78, 5) is 3.18. The summed E-state index contributed by atoms with van der Waals surface area (Å²) in [7, 11) is 0. The second-order valence-corrected chi connectivity index (χ2v) is 4.30. The van der Waals surface area contributed by atoms with E-state index < -0.39 is 0 Å². The number of fused-ring (bicyclic) bond motifs is 1. The lowest BCUT2D eigenvalue weighted by Gasteiger charge is -2.01. The van der Waals surface area contributed by atoms with E-state index in [4.69, 9.17) is 11.6 Å². The number of halogens is 2. The van der Waals surface area contributed by atoms with Gasteiger partial charge in [0.2, 0.25) is 0 Å². The van der Waals surface area contributed by atoms with Crippen molar-refractivity contribution in [2.45, 2.75) is 6.92 Å². The van der Waals surface area contributed by atoms with Crippen LogP contribution in [0.3, 0.4) is 0 Å². The van der Waals surface area contributed by atoms with Crippen molar-refractivity contribution in [1.82, 2.24) is 4.98 Å². The summed E-state index contributed by atoms with van der Waals surface area (Å²) in [6.45, 7) is 2.09. The molecular formula is C9H7ClIN. The summed E-state index contributed by atoms with van der Waals surface area (Å²) in [6.07, 6.45) is 1.92. The third kappa shape index (κ3) is 1.13. The van der Waals surface area contributed by atoms with Crippen LogP contribution >= 0.6 is 34.2 Å². The van der Waals surface area contributed by atoms with Gasteiger partial charge < -0.3 is 4.98 Å². The summed E-state index contributed by atoms with van der Waals surface area (Å²) >= 11 is 8.34. The molecule has 0 aliphatic rings. The summed E-state index contributed by atoms with van der Waals surface area (Å²) in [5.74, 6) is 0. The van der Waals surface area contributed by atoms with Crippen molar-refractivity contribution in [1.29, 1.82) is 0 Å². The quantitative estimate of drug-likeness (QED) is 0.712. The third-order valence-corrected chi connectivity index (χ3v) is 3.42. The van der Waals surface area contributed by atoms with Gasteiger partial charge in [0, 0.05) is 15.2 Å². The molecule has 1 nitrogen and oxygen atoms in total. The van der Waals surface area contributed by atoms with Crippen molar-refractivity contribution in [3.63, 3.8) is 0 Å². The highest BCUT2D eigenvalue weighted by Crippen LogP contribution is 2.28. The number of aryl methyl sites for hydroxylation is 1. The molecule has 0 saturated heterocycles. The Morgan fingerprint density at radius 3 is 3.00 bits per heavy atom. The molecule has 1 aromatic carbocycles. The van der Waals surface area contributed by atoms with Crippen LogP contribution in [-0.4, -0.2) is 4.98 Å². The predicted molar refractivity (Wildman–Crippen MR) is 60.8 cm³/mol. The van der Waals surface area contributed by atoms with Crippen LogP contribution in [0.25, 0.3) is 10.9 Å². The molecule has 0 aliphatic carbocycles. The molecule has 0 saturated carbocycles. The molecular weight excluding hydrogens is 284 g/mol. The van der Waals surface area contributed by atoms with E-state index in [0.29, 0.717) is 0 Å². The number of rotatable bonds is 0. The minimum absolute atomic E-state index is 0.821. The molecule has 0 aliphatic heterocycles. The minimum Gasteiger partial charge on any atom is -0.361 e. The lowest BCUT2D eigenvalue weighted by Crippen LogP contribution is -1.82. The normalized spacial score (nSPS) is 10.9. The van der Waals surface area contributed by atoms with Crippen LogP contribution in [-0.2, 0) is 0 Å². The number of aromatic nitrogens is 1. The van der Waals surface area contributed by atoms with E-state index in [0.717, 1.165) is 15.9 Å². The Hall–Kier alpha value is -0.220. The predicted octanol–water partition coefficient (Wildman–Crippen LogP) is 3.73. The van der Waals surface area contributed by atoms with Crippen molar-refractivity contribution in [3.8, 4) is 0 Å². The molecule has 0 amide bonds. The van der Waals surface area contributed by atoms with Gasteiger partial charge in [-0.3, -0.25) is 0 Å². The van der Waals surface area contributed by atoms with Crippen LogP contribution in [0.1, 0.15) is 5.56 Å². The van der Waals surface area contributed by atoms with E-state index in [9.17, 15) is 0 Å². The van der Waals surface area contributed by atoms with E-state index in [1.165, 1.54) is 9.13 Å². The van der Waals surface area contributed by atoms with Crippen molar-refractivity contribution < 1.29 is 0 Å². The van der Waals surface area contributed by atoms with Crippen LogP contribution in [0, 0.1) is 10.5 Å². The van der Waals surface area contributed by atoms with E-state index in [1.54, 1.807) is 0 Å². The van der Waals surface area contributed by atoms with Gasteiger partial charge in [0.05, 0.1) is 10.5 Å². The van der Waals surface area contributed by atoms with Gasteiger partial charge in [-0.05, 0) is 47.2 Å². The van der Waals surface area contributed by atoms with E-state index in [-0.39, 0.29) is 0 Å². The van der Waals surface area contributed by atoms with Crippen LogP contribution in [0.5, 0.6) is 0 Å². The topological polar surface area (TPSA) is 15.8 Å². The molecule has 1 heterocycles. The molecule has 3 heteroatoms. The summed E-state index contributed by atoms with van der Waals surface area (Å²) in [5.41, 5.74) is 2.41. The molecule has 62 valence electrons. The first-order valence-electron chi connectivity index (χ1n) is 3.62. The fourth-order valence-electron chi connectivity index (χ4n) is 1.30. The molecule has 2 rings (SSSR count). The van der Waals surface area contributed by atoms with Crippen LogP contribution in [0.2, 0.25) is 5.02 Å². The lowest BCUT2D eigenvalue weighted by molar-refractivity contribution is 1.40. The van der Waals surface area contributed by atoms with Gasteiger partial charge in [-0.25, -0.2) is 0 Å². The Labute approximate surface area is 89.3 Å². The maximum Gasteiger partial charge on any atom is 0.0510 e. The average Bonchev–Trinajstić information content (AvgIpc) is 2.48. The van der Waals surface area contributed by atoms with Crippen molar-refractivity contribution in [2.24, 2.45) is 0 Å². The maximum absolute atomic E-state index is 6.05. The van der Waals surface area contributed by atoms with E-state index in [1.807, 2.05) is 18.3 Å². The van der Waals surface area contributed by atoms with Crippen molar-refractivity contribution in [3.05, 3.63) is 32.5 Å².